The van der Waals surface area contributed by atoms with Gasteiger partial charge in [-0.2, -0.15) is 0 Å². The predicted octanol–water partition coefficient (Wildman–Crippen LogP) is 2.70. The van der Waals surface area contributed by atoms with Crippen LogP contribution >= 0.6 is 11.3 Å². The van der Waals surface area contributed by atoms with Crippen molar-refractivity contribution in [1.29, 1.82) is 0 Å². The molecule has 0 bridgehead atoms. The van der Waals surface area contributed by atoms with Gasteiger partial charge in [-0.05, 0) is 48.9 Å². The van der Waals surface area contributed by atoms with Crippen molar-refractivity contribution in [2.45, 2.75) is 19.4 Å². The van der Waals surface area contributed by atoms with Crippen molar-refractivity contribution in [2.24, 2.45) is 5.92 Å². The molecule has 1 aromatic heterocycles. The van der Waals surface area contributed by atoms with Gasteiger partial charge in [0.05, 0.1) is 6.61 Å². The van der Waals surface area contributed by atoms with Gasteiger partial charge >= 0.3 is 5.97 Å². The van der Waals surface area contributed by atoms with Crippen molar-refractivity contribution in [3.63, 3.8) is 0 Å². The number of hydrogen-bond donors (Lipinski definition) is 1. The van der Waals surface area contributed by atoms with E-state index in [1.807, 2.05) is 11.4 Å². The van der Waals surface area contributed by atoms with E-state index in [-0.39, 0.29) is 0 Å². The van der Waals surface area contributed by atoms with Crippen molar-refractivity contribution >= 4 is 23.4 Å². The summed E-state index contributed by atoms with van der Waals surface area (Å²) in [6.07, 6.45) is 5.49. The first-order chi connectivity index (χ1) is 9.65. The smallest absolute Gasteiger partial charge is 0.328 e. The zero-order valence-corrected chi connectivity index (χ0v) is 12.6. The highest BCUT2D eigenvalue weighted by molar-refractivity contribution is 7.10. The van der Waals surface area contributed by atoms with E-state index in [2.05, 4.69) is 11.9 Å². The Balaban J connectivity index is 1.73. The monoisotopic (exact) mass is 295 g/mol. The number of nitrogens with zero attached hydrogens (tertiary/aromatic N) is 1. The number of carbonyl (C=O) groups is 1. The molecule has 0 saturated heterocycles. The second-order valence-electron chi connectivity index (χ2n) is 5.23. The fraction of sp³-hybridized carbons (Fsp3) is 0.533. The number of carboxylic acids is 1. The van der Waals surface area contributed by atoms with Crippen molar-refractivity contribution in [3.8, 4) is 0 Å². The largest absolute Gasteiger partial charge is 0.478 e. The van der Waals surface area contributed by atoms with Gasteiger partial charge in [0.25, 0.3) is 0 Å². The molecule has 0 aromatic carbocycles. The maximum atomic E-state index is 10.6. The van der Waals surface area contributed by atoms with E-state index >= 15 is 0 Å². The summed E-state index contributed by atoms with van der Waals surface area (Å²) in [6.45, 7) is 3.38. The fourth-order valence-corrected chi connectivity index (χ4v) is 2.81. The van der Waals surface area contributed by atoms with E-state index in [1.165, 1.54) is 23.8 Å². The predicted molar refractivity (Wildman–Crippen MR) is 80.9 cm³/mol. The Hall–Kier alpha value is -1.17. The van der Waals surface area contributed by atoms with Crippen LogP contribution in [-0.2, 0) is 16.1 Å². The molecule has 0 atom stereocenters. The molecule has 20 heavy (non-hydrogen) atoms. The lowest BCUT2D eigenvalue weighted by molar-refractivity contribution is -0.131. The Labute approximate surface area is 123 Å². The molecule has 1 N–H and O–H groups in total. The molecule has 0 radical (unpaired) electrons. The topological polar surface area (TPSA) is 49.8 Å². The third-order valence-corrected chi connectivity index (χ3v) is 4.19. The quantitative estimate of drug-likeness (QED) is 0.562. The average Bonchev–Trinajstić information content (AvgIpc) is 3.12. The van der Waals surface area contributed by atoms with Gasteiger partial charge in [-0.3, -0.25) is 4.90 Å². The number of hydrogen-bond acceptors (Lipinski definition) is 4. The molecule has 0 amide bonds. The molecule has 2 rings (SSSR count). The van der Waals surface area contributed by atoms with Crippen LogP contribution in [-0.4, -0.2) is 42.8 Å². The molecule has 1 aliphatic rings. The zero-order valence-electron chi connectivity index (χ0n) is 11.7. The number of ether oxygens (including phenoxy) is 1. The molecular weight excluding hydrogens is 274 g/mol. The molecular formula is C15H21NO3S. The Bertz CT molecular complexity index is 465. The minimum absolute atomic E-state index is 0.763. The summed E-state index contributed by atoms with van der Waals surface area (Å²) in [5.74, 6) is -0.102. The van der Waals surface area contributed by atoms with Crippen molar-refractivity contribution < 1.29 is 14.6 Å². The van der Waals surface area contributed by atoms with Crippen LogP contribution < -0.4 is 0 Å². The van der Waals surface area contributed by atoms with Crippen LogP contribution in [0.1, 0.15) is 23.3 Å². The van der Waals surface area contributed by atoms with E-state index < -0.39 is 5.97 Å². The lowest BCUT2D eigenvalue weighted by Crippen LogP contribution is -2.23. The molecule has 1 saturated carbocycles. The van der Waals surface area contributed by atoms with Gasteiger partial charge in [-0.25, -0.2) is 4.79 Å². The molecule has 110 valence electrons. The second kappa shape index (κ2) is 7.57. The molecule has 1 fully saturated rings. The first-order valence-electron chi connectivity index (χ1n) is 6.89. The SMILES string of the molecule is CN(CCOCC1CC1)Cc1sccc1/C=C/C(=O)O. The van der Waals surface area contributed by atoms with Crippen molar-refractivity contribution in [2.75, 3.05) is 26.8 Å². The molecule has 0 unspecified atom stereocenters. The first kappa shape index (κ1) is 15.2. The summed E-state index contributed by atoms with van der Waals surface area (Å²) in [5.41, 5.74) is 0.989. The lowest BCUT2D eigenvalue weighted by Gasteiger charge is -2.16. The molecule has 0 aliphatic heterocycles. The molecule has 0 spiro atoms. The molecule has 4 nitrogen and oxygen atoms in total. The van der Waals surface area contributed by atoms with Gasteiger partial charge in [-0.15, -0.1) is 11.3 Å². The summed E-state index contributed by atoms with van der Waals surface area (Å²) >= 11 is 1.66. The highest BCUT2D eigenvalue weighted by atomic mass is 32.1. The van der Waals surface area contributed by atoms with Gasteiger partial charge in [0.2, 0.25) is 0 Å². The Morgan fingerprint density at radius 3 is 3.10 bits per heavy atom. The van der Waals surface area contributed by atoms with Crippen LogP contribution in [0.4, 0.5) is 0 Å². The Morgan fingerprint density at radius 1 is 1.60 bits per heavy atom. The third-order valence-electron chi connectivity index (χ3n) is 3.27. The lowest BCUT2D eigenvalue weighted by atomic mass is 10.2. The zero-order chi connectivity index (χ0) is 14.4. The number of aliphatic carboxylic acids is 1. The van der Waals surface area contributed by atoms with Crippen LogP contribution in [0.25, 0.3) is 6.08 Å². The van der Waals surface area contributed by atoms with Gasteiger partial charge in [0.15, 0.2) is 0 Å². The van der Waals surface area contributed by atoms with E-state index in [4.69, 9.17) is 9.84 Å². The van der Waals surface area contributed by atoms with Gasteiger partial charge < -0.3 is 9.84 Å². The molecule has 1 heterocycles. The standard InChI is InChI=1S/C15H21NO3S/c1-16(7-8-19-11-12-2-3-12)10-14-13(6-9-20-14)4-5-15(17)18/h4-6,9,12H,2-3,7-8,10-11H2,1H3,(H,17,18)/b5-4+. The molecule has 1 aromatic rings. The van der Waals surface area contributed by atoms with E-state index in [0.717, 1.165) is 37.8 Å². The van der Waals surface area contributed by atoms with E-state index in [0.29, 0.717) is 0 Å². The highest BCUT2D eigenvalue weighted by Gasteiger charge is 2.20. The third kappa shape index (κ3) is 5.45. The molecule has 1 aliphatic carbocycles. The van der Waals surface area contributed by atoms with Crippen LogP contribution in [0, 0.1) is 5.92 Å². The van der Waals surface area contributed by atoms with Gasteiger partial charge in [-0.1, -0.05) is 0 Å². The van der Waals surface area contributed by atoms with Gasteiger partial charge in [0, 0.05) is 30.6 Å². The van der Waals surface area contributed by atoms with Crippen LogP contribution in [0.15, 0.2) is 17.5 Å². The molecule has 5 heteroatoms. The van der Waals surface area contributed by atoms with Crippen LogP contribution in [0.3, 0.4) is 0 Å². The second-order valence-corrected chi connectivity index (χ2v) is 6.23. The average molecular weight is 295 g/mol. The van der Waals surface area contributed by atoms with Gasteiger partial charge in [0.1, 0.15) is 0 Å². The Morgan fingerprint density at radius 2 is 2.40 bits per heavy atom. The summed E-state index contributed by atoms with van der Waals surface area (Å²) in [6, 6.07) is 1.96. The van der Waals surface area contributed by atoms with E-state index in [9.17, 15) is 4.79 Å². The number of thiophene rings is 1. The summed E-state index contributed by atoms with van der Waals surface area (Å²) in [4.78, 5) is 13.9. The van der Waals surface area contributed by atoms with Crippen LogP contribution in [0.2, 0.25) is 0 Å². The first-order valence-corrected chi connectivity index (χ1v) is 7.77. The maximum Gasteiger partial charge on any atom is 0.328 e. The minimum atomic E-state index is -0.913. The number of carboxylic acid groups (broad SMARTS) is 1. The Kier molecular flexibility index (Phi) is 5.76. The van der Waals surface area contributed by atoms with Crippen LogP contribution in [0.5, 0.6) is 0 Å². The van der Waals surface area contributed by atoms with Crippen molar-refractivity contribution in [3.05, 3.63) is 28.0 Å². The minimum Gasteiger partial charge on any atom is -0.478 e. The normalized spacial score (nSPS) is 15.3. The van der Waals surface area contributed by atoms with E-state index in [1.54, 1.807) is 17.4 Å². The summed E-state index contributed by atoms with van der Waals surface area (Å²) in [7, 11) is 2.06. The maximum absolute atomic E-state index is 10.6. The summed E-state index contributed by atoms with van der Waals surface area (Å²) in [5, 5.41) is 10.7. The highest BCUT2D eigenvalue weighted by Crippen LogP contribution is 2.28. The number of rotatable bonds is 9. The summed E-state index contributed by atoms with van der Waals surface area (Å²) < 4.78 is 5.63. The van der Waals surface area contributed by atoms with Crippen molar-refractivity contribution in [1.82, 2.24) is 4.90 Å². The number of likely N-dealkylation sites (N-methyl/N-ethyl adjacent to an activating group) is 1. The fourth-order valence-electron chi connectivity index (χ4n) is 1.87.